The van der Waals surface area contributed by atoms with Crippen LogP contribution in [-0.4, -0.2) is 95.9 Å². The van der Waals surface area contributed by atoms with Gasteiger partial charge in [-0.25, -0.2) is 9.13 Å². The van der Waals surface area contributed by atoms with Crippen molar-refractivity contribution in [3.8, 4) is 0 Å². The van der Waals surface area contributed by atoms with Crippen molar-refractivity contribution in [3.05, 3.63) is 170 Å². The Hall–Kier alpha value is -5.09. The maximum Gasteiger partial charge on any atom is 0.472 e. The third-order valence-electron chi connectivity index (χ3n) is 20.9. The first-order valence-electron chi connectivity index (χ1n) is 49.4. The van der Waals surface area contributed by atoms with Gasteiger partial charge in [0.2, 0.25) is 0 Å². The molecule has 16 nitrogen and oxygen atoms in total. The van der Waals surface area contributed by atoms with E-state index in [0.717, 1.165) is 167 Å². The average Bonchev–Trinajstić information content (AvgIpc) is 0.893. The van der Waals surface area contributed by atoms with Gasteiger partial charge in [-0.3, -0.25) is 32.5 Å². The lowest BCUT2D eigenvalue weighted by Gasteiger charge is -2.21. The zero-order valence-electron chi connectivity index (χ0n) is 78.1. The maximum atomic E-state index is 13.1. The molecule has 0 aliphatic rings. The number of aliphatic hydroxyl groups excluding tert-OH is 2. The molecule has 0 aromatic heterocycles. The van der Waals surface area contributed by atoms with Crippen molar-refractivity contribution in [1.82, 2.24) is 0 Å². The zero-order chi connectivity index (χ0) is 89.3. The number of carbonyl (C=O) groups excluding carboxylic acids is 3. The van der Waals surface area contributed by atoms with Gasteiger partial charge in [-0.2, -0.15) is 0 Å². The molecule has 0 spiro atoms. The number of phosphoric acid groups is 2. The zero-order valence-corrected chi connectivity index (χ0v) is 79.9. The molecule has 18 heteroatoms. The van der Waals surface area contributed by atoms with E-state index in [4.69, 9.17) is 32.3 Å². The second-order valence-electron chi connectivity index (χ2n) is 32.8. The summed E-state index contributed by atoms with van der Waals surface area (Å²) in [6.07, 6.45) is 125. The number of rotatable bonds is 93. The van der Waals surface area contributed by atoms with Crippen molar-refractivity contribution < 1.29 is 75.8 Å². The average molecular weight is 1760 g/mol. The van der Waals surface area contributed by atoms with Crippen LogP contribution in [0.15, 0.2) is 170 Å². The van der Waals surface area contributed by atoms with E-state index in [9.17, 15) is 43.5 Å². The minimum Gasteiger partial charge on any atom is -0.463 e. The molecule has 0 aliphatic carbocycles. The van der Waals surface area contributed by atoms with Gasteiger partial charge in [0.1, 0.15) is 25.4 Å². The number of ether oxygens (including phenoxy) is 3. The molecule has 0 fully saturated rings. The predicted octanol–water partition coefficient (Wildman–Crippen LogP) is 31.0. The predicted molar refractivity (Wildman–Crippen MR) is 519 cm³/mol. The summed E-state index contributed by atoms with van der Waals surface area (Å²) in [5, 5.41) is 20.8. The molecule has 5 unspecified atom stereocenters. The van der Waals surface area contributed by atoms with Gasteiger partial charge in [0, 0.05) is 19.3 Å². The van der Waals surface area contributed by atoms with Crippen LogP contribution in [0.5, 0.6) is 0 Å². The summed E-state index contributed by atoms with van der Waals surface area (Å²) in [6, 6.07) is 0. The monoisotopic (exact) mass is 1760 g/mol. The Morgan fingerprint density at radius 1 is 0.236 bits per heavy atom. The van der Waals surface area contributed by atoms with Gasteiger partial charge in [-0.05, 0) is 161 Å². The number of phosphoric ester groups is 2. The normalized spacial score (nSPS) is 14.4. The Kier molecular flexibility index (Phi) is 92.0. The topological polar surface area (TPSA) is 231 Å². The number of unbranched alkanes of at least 4 members (excludes halogenated alkanes) is 42. The Bertz CT molecular complexity index is 2920. The van der Waals surface area contributed by atoms with Crippen LogP contribution in [0.25, 0.3) is 0 Å². The summed E-state index contributed by atoms with van der Waals surface area (Å²) in [6.45, 7) is 2.55. The highest BCUT2D eigenvalue weighted by Gasteiger charge is 2.30. The highest BCUT2D eigenvalue weighted by Crippen LogP contribution is 2.45. The number of carbonyl (C=O) groups is 3. The van der Waals surface area contributed by atoms with Crippen molar-refractivity contribution in [3.63, 3.8) is 0 Å². The van der Waals surface area contributed by atoms with E-state index in [-0.39, 0.29) is 19.3 Å². The van der Waals surface area contributed by atoms with Gasteiger partial charge in [-0.1, -0.05) is 409 Å². The van der Waals surface area contributed by atoms with E-state index < -0.39 is 91.5 Å². The van der Waals surface area contributed by atoms with Crippen molar-refractivity contribution in [2.75, 3.05) is 39.6 Å². The third kappa shape index (κ3) is 97.4. The Morgan fingerprint density at radius 3 is 0.683 bits per heavy atom. The van der Waals surface area contributed by atoms with E-state index in [1.807, 2.05) is 0 Å². The van der Waals surface area contributed by atoms with Crippen LogP contribution in [0.4, 0.5) is 0 Å². The number of hydrogen-bond acceptors (Lipinski definition) is 14. The SMILES string of the molecule is CC/C=C\C/C=C\C/C=C\C/C=C\C/C=C\C/C=C\CCCCCCCCCCC(=O)OCC(COP(=O)(O)OCC(O)COP(=O)(O)OCC(O)COC(=O)CCCCCCCCCCCCCCCCCCCCC/C=C\C/C=C\C/C=C\C/C=C\CCCCC)OC(=O)CCCCCCCCCCC/C=C\C/C=C\C/C=C\C/C=C\CCCCC. The molecule has 706 valence electrons. The smallest absolute Gasteiger partial charge is 0.463 e. The van der Waals surface area contributed by atoms with E-state index in [2.05, 4.69) is 191 Å². The van der Waals surface area contributed by atoms with Crippen LogP contribution in [0.3, 0.4) is 0 Å². The summed E-state index contributed by atoms with van der Waals surface area (Å²) in [5.41, 5.74) is 0. The largest absolute Gasteiger partial charge is 0.472 e. The van der Waals surface area contributed by atoms with Gasteiger partial charge >= 0.3 is 33.6 Å². The van der Waals surface area contributed by atoms with E-state index in [1.54, 1.807) is 0 Å². The molecule has 0 aromatic rings. The van der Waals surface area contributed by atoms with Crippen molar-refractivity contribution in [1.29, 1.82) is 0 Å². The molecule has 0 aromatic carbocycles. The Labute approximate surface area is 752 Å². The number of esters is 3. The van der Waals surface area contributed by atoms with E-state index in [1.165, 1.54) is 193 Å². The van der Waals surface area contributed by atoms with Crippen molar-refractivity contribution >= 4 is 33.6 Å². The summed E-state index contributed by atoms with van der Waals surface area (Å²) in [7, 11) is -9.82. The fourth-order valence-corrected chi connectivity index (χ4v) is 15.0. The molecule has 4 N–H and O–H groups in total. The quantitative estimate of drug-likeness (QED) is 0.0146. The molecule has 0 radical (unpaired) electrons. The molecule has 0 heterocycles. The van der Waals surface area contributed by atoms with Gasteiger partial charge < -0.3 is 34.2 Å². The molecule has 0 saturated heterocycles. The maximum absolute atomic E-state index is 13.1. The minimum absolute atomic E-state index is 0.0909. The lowest BCUT2D eigenvalue weighted by Crippen LogP contribution is -2.30. The lowest BCUT2D eigenvalue weighted by molar-refractivity contribution is -0.161. The molecule has 0 amide bonds. The van der Waals surface area contributed by atoms with Crippen LogP contribution in [0.1, 0.15) is 419 Å². The number of aliphatic hydroxyl groups is 2. The molecule has 0 aliphatic heterocycles. The van der Waals surface area contributed by atoms with Crippen LogP contribution < -0.4 is 0 Å². The second kappa shape index (κ2) is 96.0. The van der Waals surface area contributed by atoms with Crippen molar-refractivity contribution in [2.45, 2.75) is 437 Å². The summed E-state index contributed by atoms with van der Waals surface area (Å²) >= 11 is 0. The van der Waals surface area contributed by atoms with Crippen molar-refractivity contribution in [2.24, 2.45) is 0 Å². The fraction of sp³-hybridized carbons (Fsp3) is 0.705. The highest BCUT2D eigenvalue weighted by molar-refractivity contribution is 7.47. The number of hydrogen-bond donors (Lipinski definition) is 4. The van der Waals surface area contributed by atoms with E-state index >= 15 is 0 Å². The van der Waals surface area contributed by atoms with Crippen LogP contribution in [0, 0.1) is 0 Å². The van der Waals surface area contributed by atoms with Gasteiger partial charge in [0.05, 0.1) is 26.4 Å². The van der Waals surface area contributed by atoms with Gasteiger partial charge in [-0.15, -0.1) is 0 Å². The molecule has 5 atom stereocenters. The molecule has 123 heavy (non-hydrogen) atoms. The summed E-state index contributed by atoms with van der Waals surface area (Å²) in [5.74, 6) is -1.58. The van der Waals surface area contributed by atoms with Crippen LogP contribution >= 0.6 is 15.6 Å². The second-order valence-corrected chi connectivity index (χ2v) is 35.7. The van der Waals surface area contributed by atoms with E-state index in [0.29, 0.717) is 19.3 Å². The highest BCUT2D eigenvalue weighted by atomic mass is 31.2. The Morgan fingerprint density at radius 2 is 0.431 bits per heavy atom. The van der Waals surface area contributed by atoms with Crippen LogP contribution in [-0.2, 0) is 55.8 Å². The summed E-state index contributed by atoms with van der Waals surface area (Å²) in [4.78, 5) is 59.1. The third-order valence-corrected chi connectivity index (χ3v) is 22.8. The molecular weight excluding hydrogens is 1580 g/mol. The van der Waals surface area contributed by atoms with Gasteiger partial charge in [0.25, 0.3) is 0 Å². The first kappa shape index (κ1) is 118. The first-order chi connectivity index (χ1) is 60.2. The molecular formula is C105H180O16P2. The fourth-order valence-electron chi connectivity index (χ4n) is 13.4. The molecule has 0 rings (SSSR count). The first-order valence-corrected chi connectivity index (χ1v) is 52.4. The molecule has 0 bridgehead atoms. The van der Waals surface area contributed by atoms with Crippen LogP contribution in [0.2, 0.25) is 0 Å². The summed E-state index contributed by atoms with van der Waals surface area (Å²) < 4.78 is 61.6. The lowest BCUT2D eigenvalue weighted by atomic mass is 10.0. The standard InChI is InChI=1S/C105H180O16P2/c1-4-7-10-13-16-19-22-25-28-31-34-37-40-43-45-46-47-48-49-50-51-52-54-57-58-61-64-67-70-73-76-79-82-85-88-91-103(108)115-94-100(106)95-117-122(111,112)118-96-101(107)97-119-123(113,114)120-99-102(121-105(110)93-90-87-84-81-78-75-72-69-66-63-60-55-42-39-36-33-30-27-24-21-18-15-12-9-6-3)98-116-104(109)92-89-86-83-80-77-74-71-68-65-62-59-56-53-44-41-38-35-32-29-26-23-20-17-14-11-8-5-2/h8,11,16-21,25-30,34-39,43-45,53,55,59-60,62,100-102,106-107H,4-7,9-10,12-15,22-24,31-33,40-42,46-52,54,56-58,61,63-99H2,1-3H3,(H,111,112)(H,113,114)/b11-8-,19-16-,20-17-,21-18-,28-25-,29-26-,30-27-,37-34-,38-35-,39-36-,45-43-,53-44-,60-55-,62-59-. The number of allylic oxidation sites excluding steroid dienone is 28. The van der Waals surface area contributed by atoms with Gasteiger partial charge in [0.15, 0.2) is 6.10 Å². The molecule has 0 saturated carbocycles. The Balaban J connectivity index is 4.58. The minimum atomic E-state index is -4.95.